The molecule has 0 saturated carbocycles. The minimum Gasteiger partial charge on any atom is -0.460 e. The molecule has 196 valence electrons. The molecule has 1 aromatic rings. The normalized spacial score (nSPS) is 18.5. The van der Waals surface area contributed by atoms with E-state index in [1.165, 1.54) is 38.5 Å². The number of esters is 3. The van der Waals surface area contributed by atoms with Gasteiger partial charge in [0.05, 0.1) is 11.5 Å². The lowest BCUT2D eigenvalue weighted by atomic mass is 10.0. The van der Waals surface area contributed by atoms with Crippen molar-refractivity contribution in [2.24, 2.45) is 5.92 Å². The van der Waals surface area contributed by atoms with Crippen molar-refractivity contribution < 1.29 is 28.6 Å². The first-order valence-electron chi connectivity index (χ1n) is 13.3. The van der Waals surface area contributed by atoms with Gasteiger partial charge in [-0.25, -0.2) is 9.59 Å². The summed E-state index contributed by atoms with van der Waals surface area (Å²) in [6.07, 6.45) is 10.5. The van der Waals surface area contributed by atoms with Gasteiger partial charge in [-0.1, -0.05) is 59.3 Å². The first kappa shape index (κ1) is 29.2. The van der Waals surface area contributed by atoms with Crippen molar-refractivity contribution in [3.05, 3.63) is 29.8 Å². The third kappa shape index (κ3) is 11.1. The number of hydrogen-bond acceptors (Lipinski definition) is 7. The van der Waals surface area contributed by atoms with Crippen molar-refractivity contribution in [3.63, 3.8) is 0 Å². The van der Waals surface area contributed by atoms with Crippen LogP contribution < -0.4 is 4.74 Å². The summed E-state index contributed by atoms with van der Waals surface area (Å²) in [5, 5.41) is 0. The topological polar surface area (TPSA) is 78.9 Å². The van der Waals surface area contributed by atoms with E-state index in [1.54, 1.807) is 36.0 Å². The molecule has 1 heterocycles. The number of carbonyl (C=O) groups is 3. The highest BCUT2D eigenvalue weighted by Gasteiger charge is 2.33. The summed E-state index contributed by atoms with van der Waals surface area (Å²) in [5.41, 5.74) is 0.301. The molecule has 0 amide bonds. The number of carbonyl (C=O) groups excluding carboxylic acids is 3. The highest BCUT2D eigenvalue weighted by molar-refractivity contribution is 7.99. The Hall–Kier alpha value is -2.02. The van der Waals surface area contributed by atoms with Gasteiger partial charge in [0.1, 0.15) is 11.9 Å². The lowest BCUT2D eigenvalue weighted by Crippen LogP contribution is -2.37. The van der Waals surface area contributed by atoms with Gasteiger partial charge in [0.15, 0.2) is 6.10 Å². The van der Waals surface area contributed by atoms with E-state index in [9.17, 15) is 14.4 Å². The lowest BCUT2D eigenvalue weighted by molar-refractivity contribution is -0.167. The van der Waals surface area contributed by atoms with Gasteiger partial charge in [-0.15, -0.1) is 0 Å². The molecule has 1 unspecified atom stereocenters. The average molecular weight is 507 g/mol. The number of benzene rings is 1. The van der Waals surface area contributed by atoms with E-state index in [0.717, 1.165) is 30.8 Å². The number of ether oxygens (including phenoxy) is 3. The smallest absolute Gasteiger partial charge is 0.347 e. The van der Waals surface area contributed by atoms with Crippen LogP contribution in [0.3, 0.4) is 0 Å². The molecule has 1 aromatic carbocycles. The van der Waals surface area contributed by atoms with Gasteiger partial charge in [0.2, 0.25) is 0 Å². The van der Waals surface area contributed by atoms with E-state index in [2.05, 4.69) is 13.8 Å². The molecule has 0 spiro atoms. The maximum Gasteiger partial charge on any atom is 0.347 e. The second-order valence-corrected chi connectivity index (χ2v) is 10.5. The van der Waals surface area contributed by atoms with Crippen LogP contribution in [0.25, 0.3) is 0 Å². The highest BCUT2D eigenvalue weighted by atomic mass is 32.2. The first-order chi connectivity index (χ1) is 16.9. The summed E-state index contributed by atoms with van der Waals surface area (Å²) >= 11 is 1.78. The summed E-state index contributed by atoms with van der Waals surface area (Å²) < 4.78 is 16.3. The number of cyclic esters (lactones) is 1. The van der Waals surface area contributed by atoms with E-state index in [4.69, 9.17) is 14.2 Å². The highest BCUT2D eigenvalue weighted by Crippen LogP contribution is 2.23. The van der Waals surface area contributed by atoms with Crippen molar-refractivity contribution in [2.75, 3.05) is 11.5 Å². The van der Waals surface area contributed by atoms with Gasteiger partial charge in [-0.2, -0.15) is 11.8 Å². The minimum absolute atomic E-state index is 0.0786. The molecule has 1 aliphatic heterocycles. The third-order valence-corrected chi connectivity index (χ3v) is 7.46. The zero-order valence-corrected chi connectivity index (χ0v) is 22.4. The summed E-state index contributed by atoms with van der Waals surface area (Å²) in [7, 11) is 0. The molecule has 0 aliphatic carbocycles. The molecule has 3 atom stereocenters. The molecule has 1 aliphatic rings. The Morgan fingerprint density at radius 2 is 1.69 bits per heavy atom. The van der Waals surface area contributed by atoms with Crippen LogP contribution in [0, 0.1) is 5.92 Å². The Labute approximate surface area is 214 Å². The Balaban J connectivity index is 1.72. The monoisotopic (exact) mass is 506 g/mol. The van der Waals surface area contributed by atoms with Crippen LogP contribution in [-0.2, 0) is 19.1 Å². The maximum absolute atomic E-state index is 12.5. The Kier molecular flexibility index (Phi) is 13.9. The van der Waals surface area contributed by atoms with E-state index in [-0.39, 0.29) is 18.0 Å². The van der Waals surface area contributed by atoms with Crippen molar-refractivity contribution >= 4 is 29.7 Å². The molecular weight excluding hydrogens is 464 g/mol. The summed E-state index contributed by atoms with van der Waals surface area (Å²) in [6, 6.07) is 6.24. The number of thioether (sulfide) groups is 1. The van der Waals surface area contributed by atoms with Crippen LogP contribution in [0.15, 0.2) is 24.3 Å². The third-order valence-electron chi connectivity index (χ3n) is 6.15. The molecule has 0 aromatic heterocycles. The molecule has 1 fully saturated rings. The lowest BCUT2D eigenvalue weighted by Gasteiger charge is -2.27. The number of rotatable bonds is 16. The molecule has 0 N–H and O–H groups in total. The molecule has 6 nitrogen and oxygen atoms in total. The fourth-order valence-electron chi connectivity index (χ4n) is 3.90. The van der Waals surface area contributed by atoms with Crippen LogP contribution >= 0.6 is 11.8 Å². The van der Waals surface area contributed by atoms with Gasteiger partial charge >= 0.3 is 17.9 Å². The number of unbranched alkanes of at least 4 members (excludes halogenated alkanes) is 6. The molecule has 0 bridgehead atoms. The van der Waals surface area contributed by atoms with Crippen LogP contribution in [-0.4, -0.2) is 41.6 Å². The van der Waals surface area contributed by atoms with Crippen LogP contribution in [0.4, 0.5) is 0 Å². The predicted octanol–water partition coefficient (Wildman–Crippen LogP) is 6.74. The fourth-order valence-corrected chi connectivity index (χ4v) is 4.96. The predicted molar refractivity (Wildman–Crippen MR) is 140 cm³/mol. The van der Waals surface area contributed by atoms with Gasteiger partial charge in [0.25, 0.3) is 0 Å². The average Bonchev–Trinajstić information content (AvgIpc) is 2.85. The fraction of sp³-hybridized carbons (Fsp3) is 0.679. The van der Waals surface area contributed by atoms with Crippen molar-refractivity contribution in [2.45, 2.75) is 104 Å². The minimum atomic E-state index is -0.868. The van der Waals surface area contributed by atoms with Gasteiger partial charge in [0, 0.05) is 5.75 Å². The van der Waals surface area contributed by atoms with Crippen LogP contribution in [0.2, 0.25) is 0 Å². The second-order valence-electron chi connectivity index (χ2n) is 9.36. The van der Waals surface area contributed by atoms with Gasteiger partial charge in [-0.05, 0) is 62.1 Å². The molecular formula is C28H42O6S. The Bertz CT molecular complexity index is 778. The summed E-state index contributed by atoms with van der Waals surface area (Å²) in [4.78, 5) is 37.1. The number of hydrogen-bond donors (Lipinski definition) is 0. The summed E-state index contributed by atoms with van der Waals surface area (Å²) in [5.74, 6) is 0.634. The zero-order chi connectivity index (χ0) is 25.5. The molecule has 1 saturated heterocycles. The second kappa shape index (κ2) is 16.6. The van der Waals surface area contributed by atoms with E-state index in [0.29, 0.717) is 24.2 Å². The Morgan fingerprint density at radius 1 is 1.00 bits per heavy atom. The Morgan fingerprint density at radius 3 is 2.34 bits per heavy atom. The standard InChI is InChI=1S/C28H42O6S/c1-4-6-8-10-12-23-17-18-25(28(31)33-23)34-27(30)22-13-15-24(16-14-22)32-26(29)21(3)20-35-19-11-9-7-5-2/h13-16,21,23,25H,4-12,17-20H2,1-3H3/t21?,23-,25+/m1/s1. The largest absolute Gasteiger partial charge is 0.460 e. The zero-order valence-electron chi connectivity index (χ0n) is 21.6. The van der Waals surface area contributed by atoms with E-state index < -0.39 is 18.0 Å². The SMILES string of the molecule is CCCCCCSCC(C)C(=O)Oc1ccc(C(=O)O[C@H]2CC[C@@H](CCCCCC)OC2=O)cc1. The van der Waals surface area contributed by atoms with Crippen molar-refractivity contribution in [1.82, 2.24) is 0 Å². The molecule has 7 heteroatoms. The summed E-state index contributed by atoms with van der Waals surface area (Å²) in [6.45, 7) is 6.22. The van der Waals surface area contributed by atoms with E-state index >= 15 is 0 Å². The first-order valence-corrected chi connectivity index (χ1v) is 14.4. The van der Waals surface area contributed by atoms with Gasteiger partial charge < -0.3 is 14.2 Å². The molecule has 35 heavy (non-hydrogen) atoms. The van der Waals surface area contributed by atoms with Crippen molar-refractivity contribution in [1.29, 1.82) is 0 Å². The van der Waals surface area contributed by atoms with Gasteiger partial charge in [-0.3, -0.25) is 4.79 Å². The van der Waals surface area contributed by atoms with Crippen LogP contribution in [0.1, 0.15) is 102 Å². The van der Waals surface area contributed by atoms with E-state index in [1.807, 2.05) is 6.92 Å². The quantitative estimate of drug-likeness (QED) is 0.139. The molecule has 0 radical (unpaired) electrons. The van der Waals surface area contributed by atoms with Crippen LogP contribution in [0.5, 0.6) is 5.75 Å². The molecule has 2 rings (SSSR count). The van der Waals surface area contributed by atoms with Crippen molar-refractivity contribution in [3.8, 4) is 5.75 Å². The maximum atomic E-state index is 12.5.